The maximum absolute atomic E-state index is 13.4. The van der Waals surface area contributed by atoms with Crippen LogP contribution in [0.5, 0.6) is 0 Å². The second-order valence-corrected chi connectivity index (χ2v) is 5.67. The van der Waals surface area contributed by atoms with Gasteiger partial charge in [0.1, 0.15) is 5.82 Å². The molecule has 0 atom stereocenters. The van der Waals surface area contributed by atoms with Gasteiger partial charge in [0, 0.05) is 50.8 Å². The number of benzene rings is 1. The molecule has 0 fully saturated rings. The van der Waals surface area contributed by atoms with Crippen LogP contribution in [0.3, 0.4) is 0 Å². The van der Waals surface area contributed by atoms with Crippen molar-refractivity contribution in [3.05, 3.63) is 40.8 Å². The molecule has 118 valence electrons. The lowest BCUT2D eigenvalue weighted by Gasteiger charge is -2.31. The summed E-state index contributed by atoms with van der Waals surface area (Å²) in [7, 11) is 3.51. The molecule has 2 aromatic rings. The van der Waals surface area contributed by atoms with Crippen LogP contribution in [0.25, 0.3) is 10.9 Å². The van der Waals surface area contributed by atoms with Gasteiger partial charge >= 0.3 is 6.03 Å². The minimum Gasteiger partial charge on any atom is -0.331 e. The van der Waals surface area contributed by atoms with Crippen LogP contribution in [-0.2, 0) is 13.0 Å². The number of amides is 2. The number of nitrogens with zero attached hydrogens (tertiary/aromatic N) is 3. The number of rotatable bonds is 0. The summed E-state index contributed by atoms with van der Waals surface area (Å²) in [6, 6.07) is 4.70. The van der Waals surface area contributed by atoms with Crippen LogP contribution in [0.1, 0.15) is 16.8 Å². The zero-order valence-corrected chi connectivity index (χ0v) is 13.7. The van der Waals surface area contributed by atoms with Crippen molar-refractivity contribution in [1.29, 1.82) is 0 Å². The largest absolute Gasteiger partial charge is 0.331 e. The van der Waals surface area contributed by atoms with Crippen LogP contribution >= 0.6 is 12.4 Å². The Hall–Kier alpha value is -1.88. The van der Waals surface area contributed by atoms with E-state index in [2.05, 4.69) is 4.98 Å². The van der Waals surface area contributed by atoms with Crippen LogP contribution in [0.2, 0.25) is 0 Å². The van der Waals surface area contributed by atoms with Gasteiger partial charge in [0.05, 0.1) is 5.52 Å². The Bertz CT molecular complexity index is 733. The van der Waals surface area contributed by atoms with Crippen LogP contribution in [0.15, 0.2) is 18.2 Å². The summed E-state index contributed by atoms with van der Waals surface area (Å²) in [5, 5.41) is 0.953. The molecule has 0 saturated heterocycles. The number of hydrogen-bond donors (Lipinski definition) is 0. The second-order valence-electron chi connectivity index (χ2n) is 5.67. The Labute approximate surface area is 135 Å². The minimum atomic E-state index is -0.269. The lowest BCUT2D eigenvalue weighted by Crippen LogP contribution is -2.42. The molecule has 0 spiro atoms. The molecule has 1 aliphatic heterocycles. The number of aryl methyl sites for hydroxylation is 1. The van der Waals surface area contributed by atoms with Crippen LogP contribution < -0.4 is 0 Å². The molecular formula is C16H19ClFN3O. The average molecular weight is 324 g/mol. The summed E-state index contributed by atoms with van der Waals surface area (Å²) >= 11 is 0. The Morgan fingerprint density at radius 2 is 2.09 bits per heavy atom. The van der Waals surface area contributed by atoms with E-state index in [1.807, 2.05) is 11.8 Å². The highest BCUT2D eigenvalue weighted by atomic mass is 35.5. The van der Waals surface area contributed by atoms with Gasteiger partial charge in [0.2, 0.25) is 0 Å². The van der Waals surface area contributed by atoms with Crippen molar-refractivity contribution >= 4 is 29.3 Å². The average Bonchev–Trinajstić information content (AvgIpc) is 2.46. The van der Waals surface area contributed by atoms with Crippen molar-refractivity contribution in [3.8, 4) is 0 Å². The summed E-state index contributed by atoms with van der Waals surface area (Å²) < 4.78 is 13.4. The molecule has 1 aliphatic rings. The molecule has 0 aliphatic carbocycles. The van der Waals surface area contributed by atoms with E-state index in [0.29, 0.717) is 25.0 Å². The molecule has 2 amide bonds. The zero-order chi connectivity index (χ0) is 15.1. The van der Waals surface area contributed by atoms with E-state index in [9.17, 15) is 9.18 Å². The van der Waals surface area contributed by atoms with Gasteiger partial charge in [-0.2, -0.15) is 0 Å². The fourth-order valence-electron chi connectivity index (χ4n) is 2.88. The van der Waals surface area contributed by atoms with Crippen molar-refractivity contribution in [2.45, 2.75) is 19.9 Å². The first-order valence-corrected chi connectivity index (χ1v) is 7.01. The van der Waals surface area contributed by atoms with Gasteiger partial charge in [-0.15, -0.1) is 12.4 Å². The first-order valence-electron chi connectivity index (χ1n) is 7.01. The molecule has 6 heteroatoms. The van der Waals surface area contributed by atoms with Crippen molar-refractivity contribution in [2.24, 2.45) is 0 Å². The lowest BCUT2D eigenvalue weighted by atomic mass is 9.97. The third-order valence-corrected chi connectivity index (χ3v) is 4.04. The van der Waals surface area contributed by atoms with Crippen LogP contribution in [0.4, 0.5) is 9.18 Å². The number of carbonyl (C=O) groups is 1. The predicted octanol–water partition coefficient (Wildman–Crippen LogP) is 3.14. The Morgan fingerprint density at radius 3 is 2.77 bits per heavy atom. The zero-order valence-electron chi connectivity index (χ0n) is 12.9. The fraction of sp³-hybridized carbons (Fsp3) is 0.375. The third kappa shape index (κ3) is 2.73. The van der Waals surface area contributed by atoms with Gasteiger partial charge in [0.25, 0.3) is 0 Å². The number of carbonyl (C=O) groups excluding carboxylic acids is 1. The molecule has 0 bridgehead atoms. The standard InChI is InChI=1S/C16H18FN3O.ClH/c1-10-12-5-4-11(17)8-15(12)18-14-6-7-20(9-13(10)14)16(21)19(2)3;/h4-5,8H,6-7,9H2,1-3H3;1H. The first kappa shape index (κ1) is 16.5. The molecule has 3 rings (SSSR count). The molecular weight excluding hydrogens is 305 g/mol. The molecule has 0 radical (unpaired) electrons. The normalized spacial score (nSPS) is 13.5. The molecule has 0 N–H and O–H groups in total. The van der Waals surface area contributed by atoms with Crippen molar-refractivity contribution in [3.63, 3.8) is 0 Å². The van der Waals surface area contributed by atoms with E-state index < -0.39 is 0 Å². The quantitative estimate of drug-likeness (QED) is 0.747. The molecule has 22 heavy (non-hydrogen) atoms. The number of aromatic nitrogens is 1. The summed E-state index contributed by atoms with van der Waals surface area (Å²) in [6.45, 7) is 3.24. The maximum Gasteiger partial charge on any atom is 0.319 e. The van der Waals surface area contributed by atoms with E-state index in [1.54, 1.807) is 25.1 Å². The topological polar surface area (TPSA) is 36.4 Å². The number of pyridine rings is 1. The maximum atomic E-state index is 13.4. The molecule has 1 aromatic heterocycles. The highest BCUT2D eigenvalue weighted by Gasteiger charge is 2.24. The predicted molar refractivity (Wildman–Crippen MR) is 86.9 cm³/mol. The molecule has 0 saturated carbocycles. The monoisotopic (exact) mass is 323 g/mol. The van der Waals surface area contributed by atoms with Gasteiger partial charge in [0.15, 0.2) is 0 Å². The molecule has 1 aromatic carbocycles. The van der Waals surface area contributed by atoms with Gasteiger partial charge in [-0.3, -0.25) is 4.98 Å². The summed E-state index contributed by atoms with van der Waals surface area (Å²) in [4.78, 5) is 20.1. The van der Waals surface area contributed by atoms with Gasteiger partial charge < -0.3 is 9.80 Å². The van der Waals surface area contributed by atoms with Gasteiger partial charge in [-0.1, -0.05) is 0 Å². The fourth-order valence-corrected chi connectivity index (χ4v) is 2.88. The Morgan fingerprint density at radius 1 is 1.36 bits per heavy atom. The number of halogens is 2. The molecule has 2 heterocycles. The van der Waals surface area contributed by atoms with Crippen molar-refractivity contribution in [1.82, 2.24) is 14.8 Å². The second kappa shape index (κ2) is 6.08. The van der Waals surface area contributed by atoms with Crippen molar-refractivity contribution in [2.75, 3.05) is 20.6 Å². The molecule has 4 nitrogen and oxygen atoms in total. The highest BCUT2D eigenvalue weighted by Crippen LogP contribution is 2.28. The number of urea groups is 1. The minimum absolute atomic E-state index is 0. The number of hydrogen-bond acceptors (Lipinski definition) is 2. The SMILES string of the molecule is Cc1c2c(nc3cc(F)ccc13)CCN(C(=O)N(C)C)C2.Cl. The first-order chi connectivity index (χ1) is 9.97. The van der Waals surface area contributed by atoms with Gasteiger partial charge in [-0.25, -0.2) is 9.18 Å². The van der Waals surface area contributed by atoms with E-state index >= 15 is 0 Å². The lowest BCUT2D eigenvalue weighted by molar-refractivity contribution is 0.165. The highest BCUT2D eigenvalue weighted by molar-refractivity contribution is 5.85. The smallest absolute Gasteiger partial charge is 0.319 e. The summed E-state index contributed by atoms with van der Waals surface area (Å²) in [5.74, 6) is -0.269. The summed E-state index contributed by atoms with van der Waals surface area (Å²) in [6.07, 6.45) is 0.711. The van der Waals surface area contributed by atoms with E-state index in [-0.39, 0.29) is 24.3 Å². The van der Waals surface area contributed by atoms with E-state index in [0.717, 1.165) is 22.2 Å². The van der Waals surface area contributed by atoms with Gasteiger partial charge in [-0.05, 0) is 30.2 Å². The van der Waals surface area contributed by atoms with Crippen LogP contribution in [-0.4, -0.2) is 41.5 Å². The third-order valence-electron chi connectivity index (χ3n) is 4.04. The van der Waals surface area contributed by atoms with E-state index in [1.165, 1.54) is 12.1 Å². The van der Waals surface area contributed by atoms with E-state index in [4.69, 9.17) is 0 Å². The Balaban J connectivity index is 0.00000176. The summed E-state index contributed by atoms with van der Waals surface area (Å²) in [5.41, 5.74) is 3.86. The number of fused-ring (bicyclic) bond motifs is 2. The Kier molecular flexibility index (Phi) is 4.56. The van der Waals surface area contributed by atoms with Crippen molar-refractivity contribution < 1.29 is 9.18 Å². The van der Waals surface area contributed by atoms with Crippen LogP contribution in [0, 0.1) is 12.7 Å². The molecule has 0 unspecified atom stereocenters.